The lowest BCUT2D eigenvalue weighted by Crippen LogP contribution is -2.29. The van der Waals surface area contributed by atoms with Crippen molar-refractivity contribution in [2.45, 2.75) is 13.8 Å². The molecule has 1 aromatic heterocycles. The number of hydrogen-bond acceptors (Lipinski definition) is 2. The van der Waals surface area contributed by atoms with E-state index in [1.807, 2.05) is 13.0 Å². The van der Waals surface area contributed by atoms with Crippen molar-refractivity contribution in [3.8, 4) is 0 Å². The minimum absolute atomic E-state index is 0.365. The zero-order valence-corrected chi connectivity index (χ0v) is 8.05. The average molecular weight is 196 g/mol. The molecule has 0 unspecified atom stereocenters. The second-order valence-electron chi connectivity index (χ2n) is 3.09. The molecule has 5 nitrogen and oxygen atoms in total. The summed E-state index contributed by atoms with van der Waals surface area (Å²) < 4.78 is 0. The molecular formula is C9H12N2O3. The van der Waals surface area contributed by atoms with Crippen LogP contribution in [0.3, 0.4) is 0 Å². The van der Waals surface area contributed by atoms with Gasteiger partial charge in [0.15, 0.2) is 0 Å². The van der Waals surface area contributed by atoms with Gasteiger partial charge in [-0.25, -0.2) is 0 Å². The predicted octanol–water partition coefficient (Wildman–Crippen LogP) is 0.446. The number of nitrogens with one attached hydrogen (secondary N) is 2. The molecule has 0 fully saturated rings. The Balaban J connectivity index is 2.69. The van der Waals surface area contributed by atoms with E-state index in [0.717, 1.165) is 11.3 Å². The Labute approximate surface area is 81.1 Å². The Kier molecular flexibility index (Phi) is 2.91. The fourth-order valence-electron chi connectivity index (χ4n) is 1.21. The summed E-state index contributed by atoms with van der Waals surface area (Å²) >= 11 is 0. The Morgan fingerprint density at radius 1 is 1.50 bits per heavy atom. The van der Waals surface area contributed by atoms with Crippen LogP contribution in [-0.4, -0.2) is 28.5 Å². The van der Waals surface area contributed by atoms with E-state index < -0.39 is 11.9 Å². The molecule has 3 N–H and O–H groups in total. The number of rotatable bonds is 3. The van der Waals surface area contributed by atoms with Crippen molar-refractivity contribution in [3.05, 3.63) is 23.0 Å². The zero-order chi connectivity index (χ0) is 10.7. The maximum absolute atomic E-state index is 11.4. The predicted molar refractivity (Wildman–Crippen MR) is 50.2 cm³/mol. The van der Waals surface area contributed by atoms with Crippen LogP contribution in [0.15, 0.2) is 6.07 Å². The highest BCUT2D eigenvalue weighted by Gasteiger charge is 2.11. The highest BCUT2D eigenvalue weighted by atomic mass is 16.4. The number of H-pyrrole nitrogens is 1. The van der Waals surface area contributed by atoms with E-state index >= 15 is 0 Å². The molecule has 5 heteroatoms. The number of aromatic nitrogens is 1. The summed E-state index contributed by atoms with van der Waals surface area (Å²) in [5.74, 6) is -1.45. The van der Waals surface area contributed by atoms with Crippen molar-refractivity contribution < 1.29 is 14.7 Å². The Hall–Kier alpha value is -1.78. The first-order valence-corrected chi connectivity index (χ1v) is 4.17. The summed E-state index contributed by atoms with van der Waals surface area (Å²) in [5, 5.41) is 10.6. The van der Waals surface area contributed by atoms with Gasteiger partial charge >= 0.3 is 5.97 Å². The first-order valence-electron chi connectivity index (χ1n) is 4.17. The molecule has 1 heterocycles. The van der Waals surface area contributed by atoms with Crippen molar-refractivity contribution in [1.82, 2.24) is 10.3 Å². The number of carbonyl (C=O) groups excluding carboxylic acids is 1. The number of carboxylic acids is 1. The number of aliphatic carboxylic acids is 1. The van der Waals surface area contributed by atoms with Crippen LogP contribution in [0.1, 0.15) is 21.7 Å². The van der Waals surface area contributed by atoms with Gasteiger partial charge < -0.3 is 15.4 Å². The molecule has 76 valence electrons. The summed E-state index contributed by atoms with van der Waals surface area (Å²) in [6.45, 7) is 3.26. The van der Waals surface area contributed by atoms with E-state index in [-0.39, 0.29) is 6.54 Å². The van der Waals surface area contributed by atoms with Crippen LogP contribution in [0.4, 0.5) is 0 Å². The number of amides is 1. The first-order chi connectivity index (χ1) is 6.50. The van der Waals surface area contributed by atoms with Gasteiger partial charge in [0.1, 0.15) is 12.2 Å². The van der Waals surface area contributed by atoms with E-state index in [2.05, 4.69) is 10.3 Å². The van der Waals surface area contributed by atoms with Gasteiger partial charge in [0.2, 0.25) is 0 Å². The molecule has 0 atom stereocenters. The number of hydrogen-bond donors (Lipinski definition) is 3. The van der Waals surface area contributed by atoms with Gasteiger partial charge in [0.25, 0.3) is 5.91 Å². The SMILES string of the molecule is Cc1cc(C)c(C(=O)NCC(=O)O)[nH]1. The van der Waals surface area contributed by atoms with Crippen LogP contribution < -0.4 is 5.32 Å². The summed E-state index contributed by atoms with van der Waals surface area (Å²) in [6.07, 6.45) is 0. The van der Waals surface area contributed by atoms with Crippen molar-refractivity contribution >= 4 is 11.9 Å². The summed E-state index contributed by atoms with van der Waals surface area (Å²) in [4.78, 5) is 24.4. The van der Waals surface area contributed by atoms with Crippen LogP contribution in [0.5, 0.6) is 0 Å². The van der Waals surface area contributed by atoms with Gasteiger partial charge in [-0.05, 0) is 25.5 Å². The summed E-state index contributed by atoms with van der Waals surface area (Å²) in [6, 6.07) is 1.83. The van der Waals surface area contributed by atoms with E-state index in [0.29, 0.717) is 5.69 Å². The first kappa shape index (κ1) is 10.3. The van der Waals surface area contributed by atoms with E-state index in [4.69, 9.17) is 5.11 Å². The maximum atomic E-state index is 11.4. The van der Waals surface area contributed by atoms with Crippen LogP contribution in [-0.2, 0) is 4.79 Å². The van der Waals surface area contributed by atoms with Gasteiger partial charge in [-0.3, -0.25) is 9.59 Å². The zero-order valence-electron chi connectivity index (χ0n) is 8.05. The van der Waals surface area contributed by atoms with Gasteiger partial charge in [-0.1, -0.05) is 0 Å². The van der Waals surface area contributed by atoms with Crippen LogP contribution in [0.2, 0.25) is 0 Å². The fourth-order valence-corrected chi connectivity index (χ4v) is 1.21. The second kappa shape index (κ2) is 3.95. The number of aryl methyl sites for hydroxylation is 2. The van der Waals surface area contributed by atoms with Crippen molar-refractivity contribution in [2.75, 3.05) is 6.54 Å². The van der Waals surface area contributed by atoms with E-state index in [9.17, 15) is 9.59 Å². The molecule has 0 aliphatic carbocycles. The molecule has 0 spiro atoms. The van der Waals surface area contributed by atoms with Gasteiger partial charge in [-0.2, -0.15) is 0 Å². The monoisotopic (exact) mass is 196 g/mol. The maximum Gasteiger partial charge on any atom is 0.322 e. The summed E-state index contributed by atoms with van der Waals surface area (Å²) in [7, 11) is 0. The molecule has 0 aliphatic heterocycles. The third-order valence-corrected chi connectivity index (χ3v) is 1.78. The molecule has 0 saturated carbocycles. The minimum atomic E-state index is -1.06. The quantitative estimate of drug-likeness (QED) is 0.656. The molecule has 0 aromatic carbocycles. The lowest BCUT2D eigenvalue weighted by molar-refractivity contribution is -0.135. The molecule has 0 saturated heterocycles. The Morgan fingerprint density at radius 2 is 2.14 bits per heavy atom. The van der Waals surface area contributed by atoms with Gasteiger partial charge in [-0.15, -0.1) is 0 Å². The number of carbonyl (C=O) groups is 2. The molecular weight excluding hydrogens is 184 g/mol. The molecule has 1 aromatic rings. The van der Waals surface area contributed by atoms with Crippen molar-refractivity contribution in [3.63, 3.8) is 0 Å². The normalized spacial score (nSPS) is 9.86. The molecule has 0 aliphatic rings. The van der Waals surface area contributed by atoms with Crippen LogP contribution in [0, 0.1) is 13.8 Å². The van der Waals surface area contributed by atoms with E-state index in [1.54, 1.807) is 6.92 Å². The molecule has 1 amide bonds. The minimum Gasteiger partial charge on any atom is -0.480 e. The lowest BCUT2D eigenvalue weighted by Gasteiger charge is -2.00. The highest BCUT2D eigenvalue weighted by molar-refractivity contribution is 5.95. The lowest BCUT2D eigenvalue weighted by atomic mass is 10.2. The third kappa shape index (κ3) is 2.35. The van der Waals surface area contributed by atoms with Crippen molar-refractivity contribution in [2.24, 2.45) is 0 Å². The van der Waals surface area contributed by atoms with Crippen molar-refractivity contribution in [1.29, 1.82) is 0 Å². The molecule has 1 rings (SSSR count). The number of carboxylic acid groups (broad SMARTS) is 1. The second-order valence-corrected chi connectivity index (χ2v) is 3.09. The van der Waals surface area contributed by atoms with Crippen LogP contribution in [0.25, 0.3) is 0 Å². The number of aromatic amines is 1. The van der Waals surface area contributed by atoms with E-state index in [1.165, 1.54) is 0 Å². The topological polar surface area (TPSA) is 82.2 Å². The van der Waals surface area contributed by atoms with Crippen LogP contribution >= 0.6 is 0 Å². The molecule has 0 bridgehead atoms. The summed E-state index contributed by atoms with van der Waals surface area (Å²) in [5.41, 5.74) is 2.11. The molecule has 0 radical (unpaired) electrons. The Morgan fingerprint density at radius 3 is 2.57 bits per heavy atom. The van der Waals surface area contributed by atoms with Gasteiger partial charge in [0.05, 0.1) is 0 Å². The van der Waals surface area contributed by atoms with Gasteiger partial charge in [0, 0.05) is 5.69 Å². The largest absolute Gasteiger partial charge is 0.480 e. The Bertz CT molecular complexity index is 368. The fraction of sp³-hybridized carbons (Fsp3) is 0.333. The smallest absolute Gasteiger partial charge is 0.322 e. The molecule has 14 heavy (non-hydrogen) atoms. The average Bonchev–Trinajstić information content (AvgIpc) is 2.41. The standard InChI is InChI=1S/C9H12N2O3/c1-5-3-6(2)11-8(5)9(14)10-4-7(12)13/h3,11H,4H2,1-2H3,(H,10,14)(H,12,13). The third-order valence-electron chi connectivity index (χ3n) is 1.78. The highest BCUT2D eigenvalue weighted by Crippen LogP contribution is 2.08.